The van der Waals surface area contributed by atoms with Crippen LogP contribution in [0.3, 0.4) is 0 Å². The highest BCUT2D eigenvalue weighted by molar-refractivity contribution is 5.69. The van der Waals surface area contributed by atoms with Gasteiger partial charge in [-0.05, 0) is 12.8 Å². The predicted octanol–water partition coefficient (Wildman–Crippen LogP) is 6.62. The average Bonchev–Trinajstić information content (AvgIpc) is 3.22. The van der Waals surface area contributed by atoms with Gasteiger partial charge in [0.1, 0.15) is 6.61 Å². The fourth-order valence-electron chi connectivity index (χ4n) is 5.20. The third-order valence-corrected chi connectivity index (χ3v) is 8.46. The smallest absolute Gasteiger partial charge is 0.305 e. The van der Waals surface area contributed by atoms with Crippen LogP contribution in [0, 0.1) is 0 Å². The molecule has 0 aromatic carbocycles. The zero-order chi connectivity index (χ0) is 41.1. The van der Waals surface area contributed by atoms with E-state index in [1.54, 1.807) is 0 Å². The molecule has 0 N–H and O–H groups in total. The van der Waals surface area contributed by atoms with Gasteiger partial charge in [0.15, 0.2) is 0 Å². The number of ether oxygens (including phenoxy) is 13. The Hall–Kier alpha value is -1.01. The molecule has 0 aliphatic carbocycles. The van der Waals surface area contributed by atoms with Gasteiger partial charge in [0.2, 0.25) is 0 Å². The molecule has 0 spiro atoms. The monoisotopic (exact) mass is 827 g/mol. The summed E-state index contributed by atoms with van der Waals surface area (Å²) < 4.78 is 71.3. The van der Waals surface area contributed by atoms with E-state index in [4.69, 9.17) is 61.6 Å². The molecule has 0 bridgehead atoms. The van der Waals surface area contributed by atoms with Gasteiger partial charge >= 0.3 is 5.97 Å². The van der Waals surface area contributed by atoms with Crippen LogP contribution in [0.4, 0.5) is 0 Å². The Kier molecular flexibility index (Phi) is 52.1. The Bertz CT molecular complexity index is 736. The summed E-state index contributed by atoms with van der Waals surface area (Å²) in [5.74, 6) is -0.136. The van der Waals surface area contributed by atoms with Crippen molar-refractivity contribution in [2.24, 2.45) is 0 Å². The fourth-order valence-corrected chi connectivity index (χ4v) is 5.20. The number of hydrogen-bond donors (Lipinski definition) is 0. The number of esters is 1. The van der Waals surface area contributed by atoms with Crippen molar-refractivity contribution in [1.29, 1.82) is 0 Å². The molecular formula is C43H86O14. The first-order valence-corrected chi connectivity index (χ1v) is 22.4. The molecule has 0 radical (unpaired) electrons. The van der Waals surface area contributed by atoms with Gasteiger partial charge in [0, 0.05) is 13.0 Å². The Morgan fingerprint density at radius 1 is 0.246 bits per heavy atom. The Morgan fingerprint density at radius 2 is 0.456 bits per heavy atom. The van der Waals surface area contributed by atoms with E-state index in [0.29, 0.717) is 158 Å². The Morgan fingerprint density at radius 3 is 0.737 bits per heavy atom. The third kappa shape index (κ3) is 53.0. The second-order valence-corrected chi connectivity index (χ2v) is 13.6. The normalized spacial score (nSPS) is 11.5. The molecule has 0 heterocycles. The molecule has 0 unspecified atom stereocenters. The molecule has 342 valence electrons. The molecule has 0 aromatic rings. The summed E-state index contributed by atoms with van der Waals surface area (Å²) in [5, 5.41) is 0. The molecule has 0 atom stereocenters. The fraction of sp³-hybridized carbons (Fsp3) is 0.977. The zero-order valence-electron chi connectivity index (χ0n) is 36.5. The van der Waals surface area contributed by atoms with Crippen molar-refractivity contribution in [3.63, 3.8) is 0 Å². The van der Waals surface area contributed by atoms with Crippen LogP contribution >= 0.6 is 0 Å². The van der Waals surface area contributed by atoms with Crippen molar-refractivity contribution in [2.45, 2.75) is 110 Å². The number of rotatable bonds is 52. The lowest BCUT2D eigenvalue weighted by Crippen LogP contribution is -2.15. The molecule has 0 amide bonds. The Labute approximate surface area is 347 Å². The van der Waals surface area contributed by atoms with Crippen LogP contribution in [0.2, 0.25) is 0 Å². The molecule has 14 nitrogen and oxygen atoms in total. The molecule has 0 aliphatic heterocycles. The highest BCUT2D eigenvalue weighted by Gasteiger charge is 2.03. The van der Waals surface area contributed by atoms with Gasteiger partial charge in [-0.1, -0.05) is 90.9 Å². The highest BCUT2D eigenvalue weighted by Crippen LogP contribution is 2.11. The van der Waals surface area contributed by atoms with Gasteiger partial charge in [-0.25, -0.2) is 0 Å². The van der Waals surface area contributed by atoms with E-state index >= 15 is 0 Å². The van der Waals surface area contributed by atoms with Crippen LogP contribution in [-0.4, -0.2) is 171 Å². The molecule has 14 heteroatoms. The summed E-state index contributed by atoms with van der Waals surface area (Å²) in [6, 6.07) is 0. The van der Waals surface area contributed by atoms with Gasteiger partial charge in [-0.3, -0.25) is 4.79 Å². The average molecular weight is 827 g/mol. The lowest BCUT2D eigenvalue weighted by molar-refractivity contribution is -0.145. The summed E-state index contributed by atoms with van der Waals surface area (Å²) >= 11 is 0. The number of hydrogen-bond acceptors (Lipinski definition) is 14. The third-order valence-electron chi connectivity index (χ3n) is 8.46. The molecule has 57 heavy (non-hydrogen) atoms. The molecule has 0 saturated carbocycles. The van der Waals surface area contributed by atoms with Gasteiger partial charge < -0.3 is 61.6 Å². The lowest BCUT2D eigenvalue weighted by Gasteiger charge is -2.09. The van der Waals surface area contributed by atoms with E-state index < -0.39 is 0 Å². The van der Waals surface area contributed by atoms with Crippen LogP contribution in [0.25, 0.3) is 0 Å². The highest BCUT2D eigenvalue weighted by atomic mass is 16.6. The first-order valence-electron chi connectivity index (χ1n) is 22.4. The maximum Gasteiger partial charge on any atom is 0.305 e. The van der Waals surface area contributed by atoms with Gasteiger partial charge in [-0.15, -0.1) is 0 Å². The zero-order valence-corrected chi connectivity index (χ0v) is 36.5. The van der Waals surface area contributed by atoms with Crippen LogP contribution < -0.4 is 0 Å². The van der Waals surface area contributed by atoms with Crippen LogP contribution in [0.15, 0.2) is 0 Å². The standard InChI is InChI=1S/C43H86O14/c1-3-5-7-9-10-11-12-13-15-17-43(44)57-42-41-56-40-39-55-38-37-54-36-35-53-34-33-52-32-31-51-30-29-50-28-27-49-26-25-48-24-23-47-22-21-46-20-19-45-18-16-14-8-6-4-2/h3-42H2,1-2H3. The first-order chi connectivity index (χ1) is 28.3. The second kappa shape index (κ2) is 53.0. The minimum atomic E-state index is -0.136. The summed E-state index contributed by atoms with van der Waals surface area (Å²) in [7, 11) is 0. The topological polar surface area (TPSA) is 137 Å². The maximum atomic E-state index is 11.8. The molecule has 0 aliphatic rings. The molecular weight excluding hydrogens is 740 g/mol. The van der Waals surface area contributed by atoms with Gasteiger partial charge in [0.05, 0.1) is 152 Å². The molecule has 0 rings (SSSR count). The summed E-state index contributed by atoms with van der Waals surface area (Å²) in [5.41, 5.74) is 0. The quantitative estimate of drug-likeness (QED) is 0.0480. The number of carbonyl (C=O) groups excluding carboxylic acids is 1. The number of carbonyl (C=O) groups is 1. The SMILES string of the molecule is CCCCCCCCCCCC(=O)OCCOCCOCCOCCOCCOCCOCCOCCOCCOCCOCCOCCOCCCCCCC. The van der Waals surface area contributed by atoms with Crippen molar-refractivity contribution in [3.05, 3.63) is 0 Å². The van der Waals surface area contributed by atoms with Crippen molar-refractivity contribution in [2.75, 3.05) is 165 Å². The molecule has 0 aromatic heterocycles. The van der Waals surface area contributed by atoms with E-state index in [1.807, 2.05) is 0 Å². The molecule has 0 saturated heterocycles. The largest absolute Gasteiger partial charge is 0.463 e. The van der Waals surface area contributed by atoms with E-state index in [1.165, 1.54) is 70.6 Å². The first kappa shape index (κ1) is 56.0. The van der Waals surface area contributed by atoms with Crippen LogP contribution in [-0.2, 0) is 66.4 Å². The van der Waals surface area contributed by atoms with Crippen LogP contribution in [0.5, 0.6) is 0 Å². The van der Waals surface area contributed by atoms with Gasteiger partial charge in [-0.2, -0.15) is 0 Å². The van der Waals surface area contributed by atoms with Crippen molar-refractivity contribution < 1.29 is 66.4 Å². The predicted molar refractivity (Wildman–Crippen MR) is 221 cm³/mol. The van der Waals surface area contributed by atoms with E-state index in [2.05, 4.69) is 13.8 Å². The van der Waals surface area contributed by atoms with E-state index in [0.717, 1.165) is 25.9 Å². The van der Waals surface area contributed by atoms with Crippen molar-refractivity contribution in [3.8, 4) is 0 Å². The van der Waals surface area contributed by atoms with Crippen molar-refractivity contribution in [1.82, 2.24) is 0 Å². The minimum Gasteiger partial charge on any atom is -0.463 e. The second-order valence-electron chi connectivity index (χ2n) is 13.6. The molecule has 0 fully saturated rings. The van der Waals surface area contributed by atoms with E-state index in [-0.39, 0.29) is 12.6 Å². The van der Waals surface area contributed by atoms with Crippen molar-refractivity contribution >= 4 is 5.97 Å². The van der Waals surface area contributed by atoms with Gasteiger partial charge in [0.25, 0.3) is 0 Å². The van der Waals surface area contributed by atoms with E-state index in [9.17, 15) is 4.79 Å². The summed E-state index contributed by atoms with van der Waals surface area (Å²) in [6.45, 7) is 17.4. The number of unbranched alkanes of at least 4 members (excludes halogenated alkanes) is 12. The lowest BCUT2D eigenvalue weighted by atomic mass is 10.1. The van der Waals surface area contributed by atoms with Crippen LogP contribution in [0.1, 0.15) is 110 Å². The summed E-state index contributed by atoms with van der Waals surface area (Å²) in [4.78, 5) is 11.8. The summed E-state index contributed by atoms with van der Waals surface area (Å²) in [6.07, 6.45) is 17.9. The Balaban J connectivity index is 3.10. The minimum absolute atomic E-state index is 0.136. The maximum absolute atomic E-state index is 11.8.